The highest BCUT2D eigenvalue weighted by Crippen LogP contribution is 2.23. The lowest BCUT2D eigenvalue weighted by Crippen LogP contribution is -2.54. The van der Waals surface area contributed by atoms with E-state index < -0.39 is 0 Å². The minimum absolute atomic E-state index is 0.00151. The maximum Gasteiger partial charge on any atom is 0.260 e. The van der Waals surface area contributed by atoms with Crippen molar-refractivity contribution < 1.29 is 13.9 Å². The third kappa shape index (κ3) is 7.55. The van der Waals surface area contributed by atoms with Crippen molar-refractivity contribution in [3.05, 3.63) is 64.4 Å². The van der Waals surface area contributed by atoms with Crippen molar-refractivity contribution in [2.24, 2.45) is 5.73 Å². The van der Waals surface area contributed by atoms with Crippen molar-refractivity contribution in [3.63, 3.8) is 0 Å². The highest BCUT2D eigenvalue weighted by atomic mass is 35.5. The summed E-state index contributed by atoms with van der Waals surface area (Å²) in [5.74, 6) is 0.00978. The van der Waals surface area contributed by atoms with E-state index in [-0.39, 0.29) is 50.0 Å². The molecule has 0 radical (unpaired) electrons. The molecular formula is C25H31ClFN7O2. The molecular weight excluding hydrogens is 485 g/mol. The van der Waals surface area contributed by atoms with E-state index in [0.717, 1.165) is 10.5 Å². The van der Waals surface area contributed by atoms with Gasteiger partial charge in [0.1, 0.15) is 11.6 Å². The number of nitrogens with one attached hydrogen (secondary N) is 2. The standard InChI is InChI=1S/C25H31ClFN7O2/c1-18-14-32(15-19-2-5-22(27)6-3-19)10-11-34(18)24(35)16-36-23-7-4-21(26)12-20(23)13-31-25(30)33(17-29)9-8-28/h2-7,12,18H,8-11,13-16,28H2,1H3,(H2,30,31)/t18-/m1/s1. The number of halogens is 2. The molecule has 3 rings (SSSR count). The van der Waals surface area contributed by atoms with Gasteiger partial charge in [-0.2, -0.15) is 5.26 Å². The molecule has 36 heavy (non-hydrogen) atoms. The van der Waals surface area contributed by atoms with Crippen molar-refractivity contribution in [2.75, 3.05) is 39.3 Å². The SMILES string of the molecule is C[C@@H]1CN(Cc2ccc(F)cc2)CCN1C(=O)COc1ccc(Cl)cc1CNC(=N)N(C#N)CCN. The molecule has 1 aliphatic heterocycles. The molecule has 0 spiro atoms. The van der Waals surface area contributed by atoms with Crippen molar-refractivity contribution >= 4 is 23.5 Å². The van der Waals surface area contributed by atoms with Gasteiger partial charge in [0.25, 0.3) is 5.91 Å². The summed E-state index contributed by atoms with van der Waals surface area (Å²) < 4.78 is 19.0. The van der Waals surface area contributed by atoms with Gasteiger partial charge in [0.2, 0.25) is 5.96 Å². The first-order chi connectivity index (χ1) is 17.3. The summed E-state index contributed by atoms with van der Waals surface area (Å²) >= 11 is 6.14. The normalized spacial score (nSPS) is 15.8. The van der Waals surface area contributed by atoms with Crippen LogP contribution in [0, 0.1) is 22.7 Å². The number of piperazine rings is 1. The van der Waals surface area contributed by atoms with Gasteiger partial charge in [0, 0.05) is 62.4 Å². The number of amides is 1. The summed E-state index contributed by atoms with van der Waals surface area (Å²) in [4.78, 5) is 18.1. The lowest BCUT2D eigenvalue weighted by Gasteiger charge is -2.39. The van der Waals surface area contributed by atoms with Crippen LogP contribution in [0.4, 0.5) is 4.39 Å². The molecule has 2 aromatic rings. The second kappa shape index (κ2) is 13.1. The van der Waals surface area contributed by atoms with Crippen molar-refractivity contribution in [2.45, 2.75) is 26.1 Å². The Bertz CT molecular complexity index is 1090. The van der Waals surface area contributed by atoms with Gasteiger partial charge in [-0.25, -0.2) is 9.29 Å². The number of nitrogens with zero attached hydrogens (tertiary/aromatic N) is 4. The first-order valence-electron chi connectivity index (χ1n) is 11.7. The summed E-state index contributed by atoms with van der Waals surface area (Å²) in [6.45, 7) is 5.21. The summed E-state index contributed by atoms with van der Waals surface area (Å²) in [7, 11) is 0. The van der Waals surface area contributed by atoms with Crippen LogP contribution in [0.2, 0.25) is 5.02 Å². The molecule has 0 unspecified atom stereocenters. The maximum atomic E-state index is 13.2. The maximum absolute atomic E-state index is 13.2. The highest BCUT2D eigenvalue weighted by molar-refractivity contribution is 6.30. The van der Waals surface area contributed by atoms with Gasteiger partial charge in [-0.15, -0.1) is 0 Å². The topological polar surface area (TPSA) is 122 Å². The van der Waals surface area contributed by atoms with Gasteiger partial charge in [0.05, 0.1) is 0 Å². The highest BCUT2D eigenvalue weighted by Gasteiger charge is 2.27. The van der Waals surface area contributed by atoms with Crippen molar-refractivity contribution in [3.8, 4) is 11.9 Å². The van der Waals surface area contributed by atoms with E-state index in [1.165, 1.54) is 12.1 Å². The van der Waals surface area contributed by atoms with Crippen molar-refractivity contribution in [1.29, 1.82) is 10.7 Å². The molecule has 2 aromatic carbocycles. The lowest BCUT2D eigenvalue weighted by atomic mass is 10.1. The van der Waals surface area contributed by atoms with Crippen LogP contribution in [0.25, 0.3) is 0 Å². The summed E-state index contributed by atoms with van der Waals surface area (Å²) in [5, 5.41) is 20.5. The van der Waals surface area contributed by atoms with Gasteiger partial charge in [0.15, 0.2) is 12.8 Å². The number of carbonyl (C=O) groups excluding carboxylic acids is 1. The molecule has 11 heteroatoms. The molecule has 1 amide bonds. The van der Waals surface area contributed by atoms with E-state index in [9.17, 15) is 9.18 Å². The Morgan fingerprint density at radius 1 is 1.33 bits per heavy atom. The fraction of sp³-hybridized carbons (Fsp3) is 0.400. The summed E-state index contributed by atoms with van der Waals surface area (Å²) in [6, 6.07) is 11.5. The predicted octanol–water partition coefficient (Wildman–Crippen LogP) is 2.36. The average molecular weight is 516 g/mol. The Labute approximate surface area is 215 Å². The van der Waals surface area contributed by atoms with Crippen LogP contribution in [0.15, 0.2) is 42.5 Å². The fourth-order valence-corrected chi connectivity index (χ4v) is 4.25. The lowest BCUT2D eigenvalue weighted by molar-refractivity contribution is -0.138. The number of ether oxygens (including phenoxy) is 1. The van der Waals surface area contributed by atoms with E-state index in [1.807, 2.05) is 18.0 Å². The minimum Gasteiger partial charge on any atom is -0.483 e. The Balaban J connectivity index is 1.54. The van der Waals surface area contributed by atoms with E-state index in [1.54, 1.807) is 30.3 Å². The Hall–Kier alpha value is -3.39. The van der Waals surface area contributed by atoms with Gasteiger partial charge >= 0.3 is 0 Å². The monoisotopic (exact) mass is 515 g/mol. The number of carbonyl (C=O) groups is 1. The van der Waals surface area contributed by atoms with Crippen LogP contribution in [0.1, 0.15) is 18.1 Å². The quantitative estimate of drug-likeness (QED) is 0.203. The van der Waals surface area contributed by atoms with E-state index in [2.05, 4.69) is 10.2 Å². The third-order valence-electron chi connectivity index (χ3n) is 5.91. The van der Waals surface area contributed by atoms with Crippen LogP contribution >= 0.6 is 11.6 Å². The zero-order valence-electron chi connectivity index (χ0n) is 20.2. The second-order valence-corrected chi connectivity index (χ2v) is 9.02. The zero-order valence-corrected chi connectivity index (χ0v) is 21.0. The first kappa shape index (κ1) is 27.2. The minimum atomic E-state index is -0.254. The molecule has 1 aliphatic rings. The Morgan fingerprint density at radius 2 is 2.08 bits per heavy atom. The summed E-state index contributed by atoms with van der Waals surface area (Å²) in [6.07, 6.45) is 1.90. The van der Waals surface area contributed by atoms with Gasteiger partial charge in [-0.3, -0.25) is 15.1 Å². The van der Waals surface area contributed by atoms with Crippen LogP contribution in [0.3, 0.4) is 0 Å². The van der Waals surface area contributed by atoms with E-state index in [4.69, 9.17) is 32.7 Å². The smallest absolute Gasteiger partial charge is 0.260 e. The average Bonchev–Trinajstić information content (AvgIpc) is 2.86. The molecule has 0 bridgehead atoms. The van der Waals surface area contributed by atoms with Gasteiger partial charge < -0.3 is 20.7 Å². The molecule has 1 fully saturated rings. The number of hydrogen-bond acceptors (Lipinski definition) is 6. The molecule has 192 valence electrons. The predicted molar refractivity (Wildman–Crippen MR) is 136 cm³/mol. The van der Waals surface area contributed by atoms with Crippen LogP contribution in [0.5, 0.6) is 5.75 Å². The van der Waals surface area contributed by atoms with Crippen LogP contribution in [-0.4, -0.2) is 71.9 Å². The molecule has 1 heterocycles. The molecule has 9 nitrogen and oxygen atoms in total. The van der Waals surface area contributed by atoms with Crippen LogP contribution < -0.4 is 15.8 Å². The van der Waals surface area contributed by atoms with E-state index in [0.29, 0.717) is 42.5 Å². The molecule has 0 aromatic heterocycles. The number of hydrogen-bond donors (Lipinski definition) is 3. The first-order valence-corrected chi connectivity index (χ1v) is 12.1. The third-order valence-corrected chi connectivity index (χ3v) is 6.15. The van der Waals surface area contributed by atoms with E-state index >= 15 is 0 Å². The number of guanidine groups is 1. The molecule has 4 N–H and O–H groups in total. The zero-order chi connectivity index (χ0) is 26.1. The Morgan fingerprint density at radius 3 is 2.75 bits per heavy atom. The molecule has 0 aliphatic carbocycles. The molecule has 1 saturated heterocycles. The number of nitriles is 1. The largest absolute Gasteiger partial charge is 0.483 e. The fourth-order valence-electron chi connectivity index (χ4n) is 4.06. The summed E-state index contributed by atoms with van der Waals surface area (Å²) in [5.41, 5.74) is 7.16. The Kier molecular flexibility index (Phi) is 9.87. The number of nitrogens with two attached hydrogens (primary N) is 1. The number of benzene rings is 2. The second-order valence-electron chi connectivity index (χ2n) is 8.58. The van der Waals surface area contributed by atoms with Crippen LogP contribution in [-0.2, 0) is 17.9 Å². The van der Waals surface area contributed by atoms with Gasteiger partial charge in [-0.1, -0.05) is 23.7 Å². The number of rotatable bonds is 9. The van der Waals surface area contributed by atoms with Crippen molar-refractivity contribution in [1.82, 2.24) is 20.0 Å². The molecule has 0 saturated carbocycles. The van der Waals surface area contributed by atoms with Gasteiger partial charge in [-0.05, 0) is 42.8 Å². The molecule has 1 atom stereocenters.